The van der Waals surface area contributed by atoms with Crippen LogP contribution < -0.4 is 19.8 Å². The smallest absolute Gasteiger partial charge is 0.473 e. The molecule has 52 heavy (non-hydrogen) atoms. The summed E-state index contributed by atoms with van der Waals surface area (Å²) >= 11 is 0. The Bertz CT molecular complexity index is 2010. The molecule has 0 atom stereocenters. The fourth-order valence-electron chi connectivity index (χ4n) is 6.53. The summed E-state index contributed by atoms with van der Waals surface area (Å²) < 4.78 is 70.7. The van der Waals surface area contributed by atoms with Gasteiger partial charge in [0.1, 0.15) is 19.0 Å². The Morgan fingerprint density at radius 3 is 2.00 bits per heavy atom. The largest absolute Gasteiger partial charge is 0.497 e. The Morgan fingerprint density at radius 2 is 1.38 bits per heavy atom. The van der Waals surface area contributed by atoms with Crippen molar-refractivity contribution in [3.05, 3.63) is 131 Å². The highest BCUT2D eigenvalue weighted by molar-refractivity contribution is 6.62. The lowest BCUT2D eigenvalue weighted by atomic mass is 9.78. The maximum Gasteiger partial charge on any atom is 0.497 e. The number of nitrogens with zero attached hydrogens (tertiary/aromatic N) is 3. The quantitative estimate of drug-likeness (QED) is 0.135. The Kier molecular flexibility index (Phi) is 10.0. The van der Waals surface area contributed by atoms with Crippen LogP contribution in [-0.2, 0) is 22.5 Å². The van der Waals surface area contributed by atoms with Gasteiger partial charge in [-0.25, -0.2) is 13.2 Å². The number of rotatable bonds is 10. The average Bonchev–Trinajstić information content (AvgIpc) is 3.37. The molecule has 2 saturated heterocycles. The molecule has 2 aromatic heterocycles. The van der Waals surface area contributed by atoms with Crippen LogP contribution >= 0.6 is 0 Å². The topological polar surface area (TPSA) is 65.9 Å². The molecule has 7 nitrogen and oxygen atoms in total. The zero-order valence-electron chi connectivity index (χ0n) is 29.7. The zero-order chi connectivity index (χ0) is 36.5. The van der Waals surface area contributed by atoms with E-state index in [-0.39, 0.29) is 23.7 Å². The summed E-state index contributed by atoms with van der Waals surface area (Å²) in [5.41, 5.74) is 2.22. The normalized spacial score (nSPS) is 17.0. The van der Waals surface area contributed by atoms with E-state index in [9.17, 15) is 0 Å². The summed E-state index contributed by atoms with van der Waals surface area (Å²) in [6.07, 6.45) is 2.67. The van der Waals surface area contributed by atoms with E-state index in [1.165, 1.54) is 12.1 Å². The molecule has 0 bridgehead atoms. The van der Waals surface area contributed by atoms with Crippen molar-refractivity contribution in [1.29, 1.82) is 0 Å². The van der Waals surface area contributed by atoms with E-state index in [0.717, 1.165) is 11.1 Å². The predicted molar refractivity (Wildman–Crippen MR) is 195 cm³/mol. The van der Waals surface area contributed by atoms with E-state index < -0.39 is 35.8 Å². The molecule has 268 valence electrons. The third-order valence-electron chi connectivity index (χ3n) is 10.3. The lowest BCUT2D eigenvalue weighted by molar-refractivity contribution is 0.00578. The van der Waals surface area contributed by atoms with Crippen molar-refractivity contribution in [2.45, 2.75) is 70.9 Å². The van der Waals surface area contributed by atoms with Gasteiger partial charge in [0.15, 0.2) is 11.6 Å². The molecule has 0 N–H and O–H groups in total. The number of hydrogen-bond donors (Lipinski definition) is 0. The molecule has 0 spiro atoms. The molecule has 3 aromatic carbocycles. The molecule has 0 unspecified atom stereocenters. The summed E-state index contributed by atoms with van der Waals surface area (Å²) in [6.45, 7) is 8.87. The van der Waals surface area contributed by atoms with E-state index in [4.69, 9.17) is 18.8 Å². The molecule has 0 saturated carbocycles. The summed E-state index contributed by atoms with van der Waals surface area (Å²) in [4.78, 5) is 11.0. The number of ether oxygens (including phenoxy) is 2. The lowest BCUT2D eigenvalue weighted by Gasteiger charge is -2.34. The molecule has 2 aliphatic rings. The Hall–Kier alpha value is -4.87. The average molecular weight is 708 g/mol. The summed E-state index contributed by atoms with van der Waals surface area (Å²) in [5, 5.41) is 0. The first-order valence-corrected chi connectivity index (χ1v) is 17.6. The second-order valence-electron chi connectivity index (χ2n) is 14.3. The minimum Gasteiger partial charge on any atom is -0.473 e. The maximum atomic E-state index is 15.8. The van der Waals surface area contributed by atoms with Crippen molar-refractivity contribution in [3.8, 4) is 22.9 Å². The Labute approximate surface area is 302 Å². The molecule has 7 rings (SSSR count). The van der Waals surface area contributed by atoms with Crippen LogP contribution in [-0.4, -0.2) is 41.4 Å². The van der Waals surface area contributed by atoms with Gasteiger partial charge in [-0.05, 0) is 69.9 Å². The van der Waals surface area contributed by atoms with E-state index in [0.29, 0.717) is 61.1 Å². The maximum absolute atomic E-state index is 15.8. The standard InChI is InChI=1S/C41H41BF3N3O4/c1-40(2)41(3,4)52-42(51-40)32-16-17-34(37(45)36(32)44)48-21-19-29(20-22-48)38-33(43)23-30(24-46-38)31-15-18-35(49-25-27-11-7-5-8-12-27)47-39(31)50-26-28-13-9-6-10-14-28/h5-18,23-24,29H,19-22,25-26H2,1-4H3. The predicted octanol–water partition coefficient (Wildman–Crippen LogP) is 8.40. The van der Waals surface area contributed by atoms with Gasteiger partial charge in [-0.1, -0.05) is 66.7 Å². The number of halogens is 3. The first kappa shape index (κ1) is 35.5. The van der Waals surface area contributed by atoms with Gasteiger partial charge in [0.05, 0.1) is 22.6 Å². The third-order valence-corrected chi connectivity index (χ3v) is 10.3. The zero-order valence-corrected chi connectivity index (χ0v) is 29.7. The fourth-order valence-corrected chi connectivity index (χ4v) is 6.53. The van der Waals surface area contributed by atoms with E-state index >= 15 is 13.2 Å². The molecular formula is C41H41BF3N3O4. The highest BCUT2D eigenvalue weighted by atomic mass is 19.2. The van der Waals surface area contributed by atoms with Gasteiger partial charge in [0.2, 0.25) is 11.8 Å². The van der Waals surface area contributed by atoms with Gasteiger partial charge in [0, 0.05) is 47.9 Å². The van der Waals surface area contributed by atoms with Crippen LogP contribution in [0, 0.1) is 17.5 Å². The van der Waals surface area contributed by atoms with Crippen LogP contribution in [0.3, 0.4) is 0 Å². The number of aromatic nitrogens is 2. The van der Waals surface area contributed by atoms with Gasteiger partial charge < -0.3 is 23.7 Å². The molecule has 2 aliphatic heterocycles. The van der Waals surface area contributed by atoms with Crippen LogP contribution in [0.4, 0.5) is 18.9 Å². The van der Waals surface area contributed by atoms with Crippen LogP contribution in [0.2, 0.25) is 0 Å². The van der Waals surface area contributed by atoms with Crippen molar-refractivity contribution < 1.29 is 32.0 Å². The van der Waals surface area contributed by atoms with Crippen LogP contribution in [0.5, 0.6) is 11.8 Å². The number of anilines is 1. The summed E-state index contributed by atoms with van der Waals surface area (Å²) in [7, 11) is -1.01. The highest BCUT2D eigenvalue weighted by Crippen LogP contribution is 2.38. The Morgan fingerprint density at radius 1 is 0.769 bits per heavy atom. The molecule has 0 amide bonds. The van der Waals surface area contributed by atoms with Crippen LogP contribution in [0.15, 0.2) is 97.2 Å². The van der Waals surface area contributed by atoms with Crippen molar-refractivity contribution in [1.82, 2.24) is 9.97 Å². The molecule has 11 heteroatoms. The van der Waals surface area contributed by atoms with Gasteiger partial charge in [-0.3, -0.25) is 4.98 Å². The highest BCUT2D eigenvalue weighted by Gasteiger charge is 2.52. The van der Waals surface area contributed by atoms with Crippen molar-refractivity contribution in [3.63, 3.8) is 0 Å². The number of hydrogen-bond acceptors (Lipinski definition) is 7. The summed E-state index contributed by atoms with van der Waals surface area (Å²) in [5.74, 6) is -1.89. The molecular weight excluding hydrogens is 666 g/mol. The molecule has 2 fully saturated rings. The molecule has 5 aromatic rings. The Balaban J connectivity index is 1.05. The second-order valence-corrected chi connectivity index (χ2v) is 14.3. The fraction of sp³-hybridized carbons (Fsp3) is 0.317. The van der Waals surface area contributed by atoms with Crippen molar-refractivity contribution in [2.75, 3.05) is 18.0 Å². The number of benzene rings is 3. The second kappa shape index (κ2) is 14.6. The summed E-state index contributed by atoms with van der Waals surface area (Å²) in [6, 6.07) is 27.6. The molecule has 0 radical (unpaired) electrons. The van der Waals surface area contributed by atoms with Gasteiger partial charge in [-0.2, -0.15) is 4.98 Å². The molecule has 4 heterocycles. The van der Waals surface area contributed by atoms with E-state index in [2.05, 4.69) is 9.97 Å². The van der Waals surface area contributed by atoms with Gasteiger partial charge in [-0.15, -0.1) is 0 Å². The minimum atomic E-state index is -1.01. The van der Waals surface area contributed by atoms with Crippen molar-refractivity contribution >= 4 is 18.3 Å². The van der Waals surface area contributed by atoms with Crippen molar-refractivity contribution in [2.24, 2.45) is 0 Å². The monoisotopic (exact) mass is 707 g/mol. The first-order valence-electron chi connectivity index (χ1n) is 17.6. The minimum absolute atomic E-state index is 0.0271. The van der Waals surface area contributed by atoms with E-state index in [1.807, 2.05) is 88.4 Å². The lowest BCUT2D eigenvalue weighted by Crippen LogP contribution is -2.41. The van der Waals surface area contributed by atoms with E-state index in [1.54, 1.807) is 29.3 Å². The van der Waals surface area contributed by atoms with Gasteiger partial charge >= 0.3 is 7.12 Å². The molecule has 0 aliphatic carbocycles. The first-order chi connectivity index (χ1) is 25.0. The van der Waals surface area contributed by atoms with Crippen LogP contribution in [0.25, 0.3) is 11.1 Å². The van der Waals surface area contributed by atoms with Gasteiger partial charge in [0.25, 0.3) is 0 Å². The third kappa shape index (κ3) is 7.38. The van der Waals surface area contributed by atoms with Crippen LogP contribution in [0.1, 0.15) is 63.3 Å². The number of piperidine rings is 1. The SMILES string of the molecule is CC1(C)OB(c2ccc(N3CCC(c4ncc(-c5ccc(OCc6ccccc6)nc5OCc5ccccc5)cc4F)CC3)c(F)c2F)OC1(C)C. The number of pyridine rings is 2.